The van der Waals surface area contributed by atoms with Crippen molar-refractivity contribution in [1.29, 1.82) is 0 Å². The first-order valence-corrected chi connectivity index (χ1v) is 7.39. The Balaban J connectivity index is 2.09. The highest BCUT2D eigenvalue weighted by Crippen LogP contribution is 2.29. The summed E-state index contributed by atoms with van der Waals surface area (Å²) in [6.45, 7) is 1.15. The summed E-state index contributed by atoms with van der Waals surface area (Å²) in [7, 11) is 3.30. The third kappa shape index (κ3) is 4.40. The van der Waals surface area contributed by atoms with Gasteiger partial charge in [0.05, 0.1) is 14.2 Å². The second-order valence-electron chi connectivity index (χ2n) is 5.02. The minimum absolute atomic E-state index is 0.466. The molecule has 2 N–H and O–H groups in total. The maximum Gasteiger partial charge on any atom is 0.161 e. The van der Waals surface area contributed by atoms with Gasteiger partial charge in [-0.25, -0.2) is 0 Å². The molecule has 0 amide bonds. The summed E-state index contributed by atoms with van der Waals surface area (Å²) in [4.78, 5) is 0. The van der Waals surface area contributed by atoms with Crippen LogP contribution in [0, 0.1) is 0 Å². The van der Waals surface area contributed by atoms with Crippen molar-refractivity contribution < 1.29 is 14.2 Å². The molecule has 0 bridgehead atoms. The summed E-state index contributed by atoms with van der Waals surface area (Å²) in [5.41, 5.74) is 7.82. The first-order valence-electron chi connectivity index (χ1n) is 7.39. The molecular weight excluding hydrogens is 278 g/mol. The summed E-state index contributed by atoms with van der Waals surface area (Å²) >= 11 is 0. The highest BCUT2D eigenvalue weighted by atomic mass is 16.5. The fourth-order valence-corrected chi connectivity index (χ4v) is 2.22. The first kappa shape index (κ1) is 16.2. The lowest BCUT2D eigenvalue weighted by Gasteiger charge is -2.13. The van der Waals surface area contributed by atoms with Gasteiger partial charge in [0.15, 0.2) is 11.5 Å². The van der Waals surface area contributed by atoms with E-state index in [9.17, 15) is 0 Å². The van der Waals surface area contributed by atoms with Gasteiger partial charge >= 0.3 is 0 Å². The van der Waals surface area contributed by atoms with Crippen molar-refractivity contribution in [3.8, 4) is 17.2 Å². The zero-order valence-electron chi connectivity index (χ0n) is 13.2. The molecule has 0 atom stereocenters. The Hall–Kier alpha value is -2.20. The molecule has 0 unspecified atom stereocenters. The molecule has 0 aliphatic heterocycles. The van der Waals surface area contributed by atoms with Crippen LogP contribution in [0.3, 0.4) is 0 Å². The van der Waals surface area contributed by atoms with Crippen molar-refractivity contribution in [3.05, 3.63) is 53.6 Å². The van der Waals surface area contributed by atoms with Crippen LogP contribution in [0.2, 0.25) is 0 Å². The Morgan fingerprint density at radius 3 is 2.50 bits per heavy atom. The third-order valence-corrected chi connectivity index (χ3v) is 3.43. The van der Waals surface area contributed by atoms with Crippen molar-refractivity contribution >= 4 is 0 Å². The number of aryl methyl sites for hydroxylation is 1. The molecule has 0 radical (unpaired) electrons. The van der Waals surface area contributed by atoms with Crippen molar-refractivity contribution in [3.63, 3.8) is 0 Å². The summed E-state index contributed by atoms with van der Waals surface area (Å²) in [5.74, 6) is 2.31. The molecule has 0 heterocycles. The van der Waals surface area contributed by atoms with Crippen LogP contribution < -0.4 is 19.9 Å². The van der Waals surface area contributed by atoms with Crippen molar-refractivity contribution in [2.45, 2.75) is 19.4 Å². The van der Waals surface area contributed by atoms with Gasteiger partial charge < -0.3 is 19.9 Å². The van der Waals surface area contributed by atoms with E-state index in [-0.39, 0.29) is 0 Å². The molecule has 0 fully saturated rings. The predicted octanol–water partition coefficient (Wildman–Crippen LogP) is 3.17. The highest BCUT2D eigenvalue weighted by Gasteiger charge is 2.07. The summed E-state index contributed by atoms with van der Waals surface area (Å²) in [6, 6.07) is 13.8. The molecule has 0 aliphatic carbocycles. The van der Waals surface area contributed by atoms with Crippen LogP contribution in [0.15, 0.2) is 42.5 Å². The van der Waals surface area contributed by atoms with Crippen LogP contribution in [-0.2, 0) is 13.0 Å². The topological polar surface area (TPSA) is 53.7 Å². The van der Waals surface area contributed by atoms with Gasteiger partial charge in [0.1, 0.15) is 12.4 Å². The van der Waals surface area contributed by atoms with Gasteiger partial charge in [-0.2, -0.15) is 0 Å². The number of hydrogen-bond donors (Lipinski definition) is 1. The van der Waals surface area contributed by atoms with E-state index in [1.807, 2.05) is 42.5 Å². The van der Waals surface area contributed by atoms with Gasteiger partial charge in [0.2, 0.25) is 0 Å². The molecule has 4 nitrogen and oxygen atoms in total. The normalized spacial score (nSPS) is 10.3. The largest absolute Gasteiger partial charge is 0.497 e. The van der Waals surface area contributed by atoms with Crippen LogP contribution in [-0.4, -0.2) is 20.8 Å². The summed E-state index contributed by atoms with van der Waals surface area (Å²) < 4.78 is 16.5. The maximum atomic E-state index is 5.92. The van der Waals surface area contributed by atoms with E-state index < -0.39 is 0 Å². The number of methoxy groups -OCH3 is 2. The first-order chi connectivity index (χ1) is 10.8. The zero-order chi connectivity index (χ0) is 15.8. The van der Waals surface area contributed by atoms with E-state index in [1.54, 1.807) is 14.2 Å². The van der Waals surface area contributed by atoms with Crippen LogP contribution in [0.5, 0.6) is 17.2 Å². The Bertz CT molecular complexity index is 599. The molecule has 0 spiro atoms. The molecule has 0 aliphatic rings. The lowest BCUT2D eigenvalue weighted by Crippen LogP contribution is -2.02. The minimum Gasteiger partial charge on any atom is -0.497 e. The average molecular weight is 301 g/mol. The Morgan fingerprint density at radius 2 is 1.77 bits per heavy atom. The highest BCUT2D eigenvalue weighted by molar-refractivity contribution is 5.43. The lowest BCUT2D eigenvalue weighted by molar-refractivity contribution is 0.283. The third-order valence-electron chi connectivity index (χ3n) is 3.43. The average Bonchev–Trinajstić information content (AvgIpc) is 2.58. The van der Waals surface area contributed by atoms with Crippen molar-refractivity contribution in [2.75, 3.05) is 20.8 Å². The van der Waals surface area contributed by atoms with Gasteiger partial charge in [-0.1, -0.05) is 18.2 Å². The van der Waals surface area contributed by atoms with E-state index in [0.29, 0.717) is 13.2 Å². The smallest absolute Gasteiger partial charge is 0.161 e. The quantitative estimate of drug-likeness (QED) is 0.813. The molecule has 2 aromatic rings. The SMILES string of the molecule is COc1cccc(COc2cc(CCCN)ccc2OC)c1. The molecule has 2 aromatic carbocycles. The van der Waals surface area contributed by atoms with E-state index in [1.165, 1.54) is 5.56 Å². The van der Waals surface area contributed by atoms with E-state index in [4.69, 9.17) is 19.9 Å². The van der Waals surface area contributed by atoms with Crippen LogP contribution in [0.25, 0.3) is 0 Å². The second kappa shape index (κ2) is 8.29. The summed E-state index contributed by atoms with van der Waals surface area (Å²) in [5, 5.41) is 0. The Morgan fingerprint density at radius 1 is 0.909 bits per heavy atom. The monoisotopic (exact) mass is 301 g/mol. The molecule has 4 heteroatoms. The molecule has 0 saturated carbocycles. The van der Waals surface area contributed by atoms with Crippen LogP contribution in [0.1, 0.15) is 17.5 Å². The number of rotatable bonds is 8. The van der Waals surface area contributed by atoms with Crippen molar-refractivity contribution in [2.24, 2.45) is 5.73 Å². The number of hydrogen-bond acceptors (Lipinski definition) is 4. The van der Waals surface area contributed by atoms with Gasteiger partial charge in [0, 0.05) is 0 Å². The molecule has 0 saturated heterocycles. The standard InChI is InChI=1S/C18H23NO3/c1-20-16-7-3-5-15(11-16)13-22-18-12-14(6-4-10-19)8-9-17(18)21-2/h3,5,7-9,11-12H,4,6,10,13,19H2,1-2H3. The number of benzene rings is 2. The van der Waals surface area contributed by atoms with E-state index >= 15 is 0 Å². The van der Waals surface area contributed by atoms with Gasteiger partial charge in [0.25, 0.3) is 0 Å². The van der Waals surface area contributed by atoms with E-state index in [0.717, 1.165) is 35.7 Å². The molecule has 2 rings (SSSR count). The second-order valence-corrected chi connectivity index (χ2v) is 5.02. The van der Waals surface area contributed by atoms with E-state index in [2.05, 4.69) is 0 Å². The fourth-order valence-electron chi connectivity index (χ4n) is 2.22. The summed E-state index contributed by atoms with van der Waals surface area (Å²) in [6.07, 6.45) is 1.90. The fraction of sp³-hybridized carbons (Fsp3) is 0.333. The predicted molar refractivity (Wildman–Crippen MR) is 87.7 cm³/mol. The van der Waals surface area contributed by atoms with Gasteiger partial charge in [-0.3, -0.25) is 0 Å². The van der Waals surface area contributed by atoms with Crippen LogP contribution in [0.4, 0.5) is 0 Å². The Kier molecular flexibility index (Phi) is 6.10. The number of nitrogens with two attached hydrogens (primary N) is 1. The minimum atomic E-state index is 0.466. The molecule has 22 heavy (non-hydrogen) atoms. The molecule has 0 aromatic heterocycles. The zero-order valence-corrected chi connectivity index (χ0v) is 13.2. The maximum absolute atomic E-state index is 5.92. The Labute approximate surface area is 131 Å². The van der Waals surface area contributed by atoms with Crippen molar-refractivity contribution in [1.82, 2.24) is 0 Å². The van der Waals surface area contributed by atoms with Gasteiger partial charge in [-0.05, 0) is 54.8 Å². The van der Waals surface area contributed by atoms with Gasteiger partial charge in [-0.15, -0.1) is 0 Å². The molecular formula is C18H23NO3. The van der Waals surface area contributed by atoms with Crippen LogP contribution >= 0.6 is 0 Å². The lowest BCUT2D eigenvalue weighted by atomic mass is 10.1. The number of ether oxygens (including phenoxy) is 3. The molecule has 118 valence electrons.